The van der Waals surface area contributed by atoms with E-state index in [0.717, 1.165) is 11.3 Å². The van der Waals surface area contributed by atoms with Gasteiger partial charge in [0.2, 0.25) is 0 Å². The van der Waals surface area contributed by atoms with Crippen LogP contribution in [0, 0.1) is 0 Å². The third-order valence-electron chi connectivity index (χ3n) is 2.64. The van der Waals surface area contributed by atoms with Crippen LogP contribution in [0.25, 0.3) is 0 Å². The van der Waals surface area contributed by atoms with Gasteiger partial charge >= 0.3 is 0 Å². The first-order valence-corrected chi connectivity index (χ1v) is 7.49. The molecule has 0 saturated carbocycles. The average Bonchev–Trinajstić information content (AvgIpc) is 2.87. The van der Waals surface area contributed by atoms with E-state index in [4.69, 9.17) is 16.0 Å². The molecule has 108 valence electrons. The Morgan fingerprint density at radius 1 is 1.10 bits per heavy atom. The molecule has 0 unspecified atom stereocenters. The SMILES string of the molecule is FC(F)SCc1ccc(CNCc2ccccc2Cl)o1. The summed E-state index contributed by atoms with van der Waals surface area (Å²) in [5.41, 5.74) is 1.01. The van der Waals surface area contributed by atoms with E-state index in [2.05, 4.69) is 5.32 Å². The zero-order valence-electron chi connectivity index (χ0n) is 10.6. The molecule has 2 aromatic rings. The quantitative estimate of drug-likeness (QED) is 0.802. The fourth-order valence-electron chi connectivity index (χ4n) is 1.70. The molecule has 1 N–H and O–H groups in total. The van der Waals surface area contributed by atoms with E-state index in [-0.39, 0.29) is 5.75 Å². The van der Waals surface area contributed by atoms with Crippen LogP contribution in [0.5, 0.6) is 0 Å². The first-order chi connectivity index (χ1) is 9.65. The fraction of sp³-hybridized carbons (Fsp3) is 0.286. The molecule has 0 fully saturated rings. The van der Waals surface area contributed by atoms with Crippen LogP contribution in [0.1, 0.15) is 17.1 Å². The molecule has 2 nitrogen and oxygen atoms in total. The molecule has 20 heavy (non-hydrogen) atoms. The van der Waals surface area contributed by atoms with Gasteiger partial charge in [0, 0.05) is 11.6 Å². The molecule has 2 rings (SSSR count). The zero-order valence-corrected chi connectivity index (χ0v) is 12.2. The Balaban J connectivity index is 1.78. The maximum atomic E-state index is 12.1. The Bertz CT molecular complexity index is 547. The first-order valence-electron chi connectivity index (χ1n) is 6.06. The predicted molar refractivity (Wildman–Crippen MR) is 78.0 cm³/mol. The maximum absolute atomic E-state index is 12.1. The number of benzene rings is 1. The highest BCUT2D eigenvalue weighted by molar-refractivity contribution is 7.98. The van der Waals surface area contributed by atoms with Gasteiger partial charge in [-0.1, -0.05) is 41.6 Å². The second-order valence-corrected chi connectivity index (χ2v) is 5.52. The third kappa shape index (κ3) is 4.81. The molecule has 6 heteroatoms. The molecule has 0 atom stereocenters. The molecule has 0 saturated heterocycles. The van der Waals surface area contributed by atoms with Crippen LogP contribution in [0.2, 0.25) is 5.02 Å². The molecule has 1 aromatic carbocycles. The van der Waals surface area contributed by atoms with Crippen molar-refractivity contribution in [1.29, 1.82) is 0 Å². The first kappa shape index (κ1) is 15.4. The second kappa shape index (κ2) is 7.67. The molecule has 0 aliphatic heterocycles. The third-order valence-corrected chi connectivity index (χ3v) is 3.71. The minimum absolute atomic E-state index is 0.183. The summed E-state index contributed by atoms with van der Waals surface area (Å²) in [6.45, 7) is 1.16. The van der Waals surface area contributed by atoms with Gasteiger partial charge in [-0.25, -0.2) is 0 Å². The molecule has 0 amide bonds. The standard InChI is InChI=1S/C14H14ClF2NOS/c15-13-4-2-1-3-10(13)7-18-8-11-5-6-12(19-11)9-20-14(16)17/h1-6,14,18H,7-9H2. The van der Waals surface area contributed by atoms with Crippen molar-refractivity contribution in [2.75, 3.05) is 0 Å². The van der Waals surface area contributed by atoms with Crippen LogP contribution in [0.4, 0.5) is 8.78 Å². The van der Waals surface area contributed by atoms with E-state index in [9.17, 15) is 8.78 Å². The topological polar surface area (TPSA) is 25.2 Å². The Labute approximate surface area is 125 Å². The number of alkyl halides is 2. The summed E-state index contributed by atoms with van der Waals surface area (Å²) in [6.07, 6.45) is 0. The van der Waals surface area contributed by atoms with Gasteiger partial charge in [0.05, 0.1) is 12.3 Å². The minimum Gasteiger partial charge on any atom is -0.464 e. The Morgan fingerprint density at radius 2 is 1.85 bits per heavy atom. The van der Waals surface area contributed by atoms with E-state index < -0.39 is 5.76 Å². The van der Waals surface area contributed by atoms with E-state index in [1.54, 1.807) is 12.1 Å². The van der Waals surface area contributed by atoms with E-state index in [1.165, 1.54) is 0 Å². The van der Waals surface area contributed by atoms with Gasteiger partial charge in [-0.3, -0.25) is 0 Å². The van der Waals surface area contributed by atoms with Crippen LogP contribution in [0.3, 0.4) is 0 Å². The summed E-state index contributed by atoms with van der Waals surface area (Å²) < 4.78 is 29.6. The van der Waals surface area contributed by atoms with Crippen LogP contribution < -0.4 is 5.32 Å². The van der Waals surface area contributed by atoms with E-state index in [0.29, 0.717) is 35.6 Å². The largest absolute Gasteiger partial charge is 0.464 e. The van der Waals surface area contributed by atoms with Gasteiger partial charge in [-0.2, -0.15) is 8.78 Å². The number of hydrogen-bond acceptors (Lipinski definition) is 3. The van der Waals surface area contributed by atoms with Crippen LogP contribution in [0.15, 0.2) is 40.8 Å². The molecule has 1 aromatic heterocycles. The molecule has 0 radical (unpaired) electrons. The van der Waals surface area contributed by atoms with Gasteiger partial charge in [0.1, 0.15) is 11.5 Å². The van der Waals surface area contributed by atoms with Crippen molar-refractivity contribution in [2.24, 2.45) is 0 Å². The summed E-state index contributed by atoms with van der Waals surface area (Å²) in [6, 6.07) is 11.1. The summed E-state index contributed by atoms with van der Waals surface area (Å²) in [7, 11) is 0. The van der Waals surface area contributed by atoms with Crippen molar-refractivity contribution < 1.29 is 13.2 Å². The summed E-state index contributed by atoms with van der Waals surface area (Å²) in [4.78, 5) is 0. The van der Waals surface area contributed by atoms with Crippen LogP contribution >= 0.6 is 23.4 Å². The van der Waals surface area contributed by atoms with Gasteiger partial charge in [-0.15, -0.1) is 0 Å². The second-order valence-electron chi connectivity index (χ2n) is 4.13. The number of nitrogens with one attached hydrogen (secondary N) is 1. The highest BCUT2D eigenvalue weighted by Gasteiger charge is 2.07. The van der Waals surface area contributed by atoms with Crippen molar-refractivity contribution in [3.8, 4) is 0 Å². The van der Waals surface area contributed by atoms with Crippen molar-refractivity contribution >= 4 is 23.4 Å². The lowest BCUT2D eigenvalue weighted by Crippen LogP contribution is -2.12. The number of hydrogen-bond donors (Lipinski definition) is 1. The fourth-order valence-corrected chi connectivity index (χ4v) is 2.35. The number of halogens is 3. The predicted octanol–water partition coefficient (Wildman–Crippen LogP) is 4.68. The summed E-state index contributed by atoms with van der Waals surface area (Å²) >= 11 is 6.60. The lowest BCUT2D eigenvalue weighted by Gasteiger charge is -2.05. The van der Waals surface area contributed by atoms with Gasteiger partial charge in [-0.05, 0) is 23.8 Å². The molecular weight excluding hydrogens is 304 g/mol. The van der Waals surface area contributed by atoms with E-state index in [1.807, 2.05) is 24.3 Å². The Hall–Kier alpha value is -1.04. The number of furan rings is 1. The smallest absolute Gasteiger partial charge is 0.284 e. The minimum atomic E-state index is -2.37. The molecule has 0 spiro atoms. The lowest BCUT2D eigenvalue weighted by atomic mass is 10.2. The monoisotopic (exact) mass is 317 g/mol. The number of rotatable bonds is 7. The molecular formula is C14H14ClF2NOS. The zero-order chi connectivity index (χ0) is 14.4. The van der Waals surface area contributed by atoms with Crippen molar-refractivity contribution in [1.82, 2.24) is 5.32 Å². The van der Waals surface area contributed by atoms with Gasteiger partial charge in [0.25, 0.3) is 5.76 Å². The molecule has 0 aliphatic carbocycles. The lowest BCUT2D eigenvalue weighted by molar-refractivity contribution is 0.251. The Morgan fingerprint density at radius 3 is 2.60 bits per heavy atom. The van der Waals surface area contributed by atoms with Crippen LogP contribution in [-0.4, -0.2) is 5.76 Å². The highest BCUT2D eigenvalue weighted by atomic mass is 35.5. The molecule has 1 heterocycles. The van der Waals surface area contributed by atoms with E-state index >= 15 is 0 Å². The van der Waals surface area contributed by atoms with Gasteiger partial charge < -0.3 is 9.73 Å². The maximum Gasteiger partial charge on any atom is 0.284 e. The average molecular weight is 318 g/mol. The molecule has 0 bridgehead atoms. The summed E-state index contributed by atoms with van der Waals surface area (Å²) in [5.74, 6) is -0.906. The van der Waals surface area contributed by atoms with Crippen molar-refractivity contribution in [2.45, 2.75) is 24.6 Å². The normalized spacial score (nSPS) is 11.2. The van der Waals surface area contributed by atoms with Gasteiger partial charge in [0.15, 0.2) is 0 Å². The molecule has 0 aliphatic rings. The number of thioether (sulfide) groups is 1. The van der Waals surface area contributed by atoms with Crippen molar-refractivity contribution in [3.05, 3.63) is 58.5 Å². The van der Waals surface area contributed by atoms with Crippen molar-refractivity contribution in [3.63, 3.8) is 0 Å². The Kier molecular flexibility index (Phi) is 5.88. The highest BCUT2D eigenvalue weighted by Crippen LogP contribution is 2.21. The van der Waals surface area contributed by atoms with Crippen LogP contribution in [-0.2, 0) is 18.8 Å². The summed E-state index contributed by atoms with van der Waals surface area (Å²) in [5, 5.41) is 3.92.